The molecular formula is C17H14N4. The SMILES string of the molecule is c1cc(NCc2ccc3cnccc3c2)c2[nH]ncc2c1. The van der Waals surface area contributed by atoms with Gasteiger partial charge < -0.3 is 5.32 Å². The summed E-state index contributed by atoms with van der Waals surface area (Å²) in [6.45, 7) is 0.774. The summed E-state index contributed by atoms with van der Waals surface area (Å²) < 4.78 is 0. The standard InChI is InChI=1S/C17H14N4/c1-2-15-11-20-21-17(15)16(3-1)19-9-12-4-5-14-10-18-7-6-13(14)8-12/h1-8,10-11,19H,9H2,(H,20,21). The van der Waals surface area contributed by atoms with Gasteiger partial charge in [0.05, 0.1) is 17.4 Å². The average Bonchev–Trinajstić information content (AvgIpc) is 3.02. The van der Waals surface area contributed by atoms with E-state index in [2.05, 4.69) is 44.8 Å². The summed E-state index contributed by atoms with van der Waals surface area (Å²) >= 11 is 0. The van der Waals surface area contributed by atoms with E-state index < -0.39 is 0 Å². The minimum Gasteiger partial charge on any atom is -0.379 e. The summed E-state index contributed by atoms with van der Waals surface area (Å²) in [4.78, 5) is 4.14. The molecular weight excluding hydrogens is 260 g/mol. The van der Waals surface area contributed by atoms with Crippen molar-refractivity contribution in [1.82, 2.24) is 15.2 Å². The number of para-hydroxylation sites is 1. The molecule has 0 aliphatic rings. The van der Waals surface area contributed by atoms with Gasteiger partial charge in [0.1, 0.15) is 0 Å². The van der Waals surface area contributed by atoms with Crippen molar-refractivity contribution >= 4 is 27.4 Å². The van der Waals surface area contributed by atoms with Crippen molar-refractivity contribution in [2.45, 2.75) is 6.54 Å². The summed E-state index contributed by atoms with van der Waals surface area (Å²) in [6, 6.07) is 14.6. The smallest absolute Gasteiger partial charge is 0.0881 e. The largest absolute Gasteiger partial charge is 0.379 e. The molecule has 102 valence electrons. The van der Waals surface area contributed by atoms with Crippen LogP contribution in [0.2, 0.25) is 0 Å². The molecule has 2 aromatic heterocycles. The first-order valence-corrected chi connectivity index (χ1v) is 6.89. The highest BCUT2D eigenvalue weighted by Crippen LogP contribution is 2.22. The maximum absolute atomic E-state index is 4.14. The highest BCUT2D eigenvalue weighted by molar-refractivity contribution is 5.90. The number of benzene rings is 2. The third-order valence-corrected chi connectivity index (χ3v) is 3.66. The van der Waals surface area contributed by atoms with Gasteiger partial charge in [-0.1, -0.05) is 24.3 Å². The summed E-state index contributed by atoms with van der Waals surface area (Å²) in [7, 11) is 0. The summed E-state index contributed by atoms with van der Waals surface area (Å²) in [5.41, 5.74) is 3.35. The van der Waals surface area contributed by atoms with Gasteiger partial charge in [-0.05, 0) is 29.1 Å². The van der Waals surface area contributed by atoms with Crippen LogP contribution in [0.4, 0.5) is 5.69 Å². The molecule has 0 radical (unpaired) electrons. The average molecular weight is 274 g/mol. The lowest BCUT2D eigenvalue weighted by Gasteiger charge is -2.08. The molecule has 0 fully saturated rings. The van der Waals surface area contributed by atoms with Gasteiger partial charge in [0.25, 0.3) is 0 Å². The number of anilines is 1. The molecule has 0 amide bonds. The Bertz CT molecular complexity index is 911. The van der Waals surface area contributed by atoms with E-state index in [-0.39, 0.29) is 0 Å². The van der Waals surface area contributed by atoms with E-state index in [1.54, 1.807) is 0 Å². The summed E-state index contributed by atoms with van der Waals surface area (Å²) in [5, 5.41) is 14.1. The van der Waals surface area contributed by atoms with Crippen LogP contribution in [0, 0.1) is 0 Å². The van der Waals surface area contributed by atoms with Crippen molar-refractivity contribution in [1.29, 1.82) is 0 Å². The second-order valence-electron chi connectivity index (χ2n) is 5.05. The van der Waals surface area contributed by atoms with Gasteiger partial charge in [0.15, 0.2) is 0 Å². The van der Waals surface area contributed by atoms with Crippen molar-refractivity contribution in [3.8, 4) is 0 Å². The Hall–Kier alpha value is -2.88. The number of hydrogen-bond donors (Lipinski definition) is 2. The Morgan fingerprint density at radius 2 is 1.95 bits per heavy atom. The fourth-order valence-electron chi connectivity index (χ4n) is 2.56. The van der Waals surface area contributed by atoms with Crippen LogP contribution in [-0.2, 0) is 6.54 Å². The van der Waals surface area contributed by atoms with Crippen LogP contribution in [0.1, 0.15) is 5.56 Å². The van der Waals surface area contributed by atoms with Crippen molar-refractivity contribution in [2.75, 3.05) is 5.32 Å². The molecule has 0 spiro atoms. The van der Waals surface area contributed by atoms with Gasteiger partial charge >= 0.3 is 0 Å². The van der Waals surface area contributed by atoms with Crippen molar-refractivity contribution in [2.24, 2.45) is 0 Å². The monoisotopic (exact) mass is 274 g/mol. The molecule has 0 aliphatic carbocycles. The van der Waals surface area contributed by atoms with E-state index in [1.165, 1.54) is 10.9 Å². The van der Waals surface area contributed by atoms with E-state index in [0.29, 0.717) is 0 Å². The molecule has 2 N–H and O–H groups in total. The Morgan fingerprint density at radius 1 is 0.952 bits per heavy atom. The third-order valence-electron chi connectivity index (χ3n) is 3.66. The van der Waals surface area contributed by atoms with Crippen molar-refractivity contribution in [3.05, 3.63) is 66.6 Å². The van der Waals surface area contributed by atoms with Crippen LogP contribution in [0.25, 0.3) is 21.7 Å². The van der Waals surface area contributed by atoms with Gasteiger partial charge in [-0.3, -0.25) is 10.1 Å². The molecule has 21 heavy (non-hydrogen) atoms. The third kappa shape index (κ3) is 2.21. The second kappa shape index (κ2) is 4.90. The fraction of sp³-hybridized carbons (Fsp3) is 0.0588. The first-order chi connectivity index (χ1) is 10.4. The number of aromatic nitrogens is 3. The molecule has 0 aliphatic heterocycles. The predicted octanol–water partition coefficient (Wildman–Crippen LogP) is 3.72. The lowest BCUT2D eigenvalue weighted by atomic mass is 10.1. The number of aromatic amines is 1. The zero-order chi connectivity index (χ0) is 14.1. The molecule has 0 unspecified atom stereocenters. The van der Waals surface area contributed by atoms with Crippen LogP contribution in [0.15, 0.2) is 61.1 Å². The lowest BCUT2D eigenvalue weighted by Crippen LogP contribution is -2.00. The number of nitrogens with one attached hydrogen (secondary N) is 2. The molecule has 4 aromatic rings. The Kier molecular flexibility index (Phi) is 2.78. The molecule has 2 aromatic carbocycles. The Labute approximate surface area is 121 Å². The van der Waals surface area contributed by atoms with Crippen molar-refractivity contribution < 1.29 is 0 Å². The van der Waals surface area contributed by atoms with Gasteiger partial charge in [-0.15, -0.1) is 0 Å². The second-order valence-corrected chi connectivity index (χ2v) is 5.05. The zero-order valence-electron chi connectivity index (χ0n) is 11.4. The molecule has 4 heteroatoms. The van der Waals surface area contributed by atoms with Crippen LogP contribution in [0.5, 0.6) is 0 Å². The number of fused-ring (bicyclic) bond motifs is 2. The van der Waals surface area contributed by atoms with E-state index in [4.69, 9.17) is 0 Å². The van der Waals surface area contributed by atoms with Crippen LogP contribution in [-0.4, -0.2) is 15.2 Å². The number of nitrogens with zero attached hydrogens (tertiary/aromatic N) is 2. The minimum atomic E-state index is 0.774. The van der Waals surface area contributed by atoms with Crippen LogP contribution < -0.4 is 5.32 Å². The van der Waals surface area contributed by atoms with Crippen molar-refractivity contribution in [3.63, 3.8) is 0 Å². The number of H-pyrrole nitrogens is 1. The van der Waals surface area contributed by atoms with Crippen LogP contribution in [0.3, 0.4) is 0 Å². The molecule has 0 atom stereocenters. The summed E-state index contributed by atoms with van der Waals surface area (Å²) in [5.74, 6) is 0. The zero-order valence-corrected chi connectivity index (χ0v) is 11.4. The van der Waals surface area contributed by atoms with E-state index >= 15 is 0 Å². The van der Waals surface area contributed by atoms with Gasteiger partial charge in [0, 0.05) is 29.7 Å². The molecule has 4 nitrogen and oxygen atoms in total. The van der Waals surface area contributed by atoms with E-state index in [1.807, 2.05) is 36.8 Å². The van der Waals surface area contributed by atoms with Crippen LogP contribution >= 0.6 is 0 Å². The fourth-order valence-corrected chi connectivity index (χ4v) is 2.56. The molecule has 0 saturated heterocycles. The first-order valence-electron chi connectivity index (χ1n) is 6.89. The normalized spacial score (nSPS) is 11.0. The molecule has 0 bridgehead atoms. The maximum atomic E-state index is 4.14. The molecule has 4 rings (SSSR count). The van der Waals surface area contributed by atoms with E-state index in [0.717, 1.165) is 28.5 Å². The number of rotatable bonds is 3. The predicted molar refractivity (Wildman–Crippen MR) is 85.2 cm³/mol. The van der Waals surface area contributed by atoms with Gasteiger partial charge in [-0.2, -0.15) is 5.10 Å². The van der Waals surface area contributed by atoms with E-state index in [9.17, 15) is 0 Å². The maximum Gasteiger partial charge on any atom is 0.0881 e. The lowest BCUT2D eigenvalue weighted by molar-refractivity contribution is 1.11. The Morgan fingerprint density at radius 3 is 2.95 bits per heavy atom. The number of hydrogen-bond acceptors (Lipinski definition) is 3. The van der Waals surface area contributed by atoms with Gasteiger partial charge in [-0.25, -0.2) is 0 Å². The minimum absolute atomic E-state index is 0.774. The first kappa shape index (κ1) is 11.9. The quantitative estimate of drug-likeness (QED) is 0.598. The highest BCUT2D eigenvalue weighted by Gasteiger charge is 2.02. The Balaban J connectivity index is 1.61. The topological polar surface area (TPSA) is 53.6 Å². The number of pyridine rings is 1. The molecule has 2 heterocycles. The molecule has 0 saturated carbocycles. The van der Waals surface area contributed by atoms with Gasteiger partial charge in [0.2, 0.25) is 0 Å². The summed E-state index contributed by atoms with van der Waals surface area (Å²) in [6.07, 6.45) is 5.55. The highest BCUT2D eigenvalue weighted by atomic mass is 15.1.